The maximum absolute atomic E-state index is 13.5. The molecule has 2 aromatic rings. The van der Waals surface area contributed by atoms with Gasteiger partial charge in [-0.1, -0.05) is 0 Å². The van der Waals surface area contributed by atoms with E-state index < -0.39 is 11.9 Å². The molecule has 2 heterocycles. The number of pyridine rings is 1. The molecule has 0 spiro atoms. The zero-order valence-electron chi connectivity index (χ0n) is 8.97. The molecule has 4 nitrogen and oxygen atoms in total. The Morgan fingerprint density at radius 1 is 1.50 bits per heavy atom. The highest BCUT2D eigenvalue weighted by Gasteiger charge is 2.17. The van der Waals surface area contributed by atoms with Gasteiger partial charge in [-0.05, 0) is 13.0 Å². The SMILES string of the molecule is CCn1ccnc1C(N)c1ccncc1F. The minimum absolute atomic E-state index is 0.402. The van der Waals surface area contributed by atoms with Crippen molar-refractivity contribution in [3.8, 4) is 0 Å². The fraction of sp³-hybridized carbons (Fsp3) is 0.273. The first-order chi connectivity index (χ1) is 7.74. The van der Waals surface area contributed by atoms with Gasteiger partial charge in [0.1, 0.15) is 11.6 Å². The smallest absolute Gasteiger partial charge is 0.146 e. The van der Waals surface area contributed by atoms with Crippen molar-refractivity contribution in [1.82, 2.24) is 14.5 Å². The number of aromatic nitrogens is 3. The molecule has 5 heteroatoms. The summed E-state index contributed by atoms with van der Waals surface area (Å²) in [6.07, 6.45) is 6.18. The van der Waals surface area contributed by atoms with Gasteiger partial charge in [-0.2, -0.15) is 0 Å². The Balaban J connectivity index is 2.39. The molecule has 1 unspecified atom stereocenters. The molecule has 0 radical (unpaired) electrons. The van der Waals surface area contributed by atoms with Gasteiger partial charge in [0.25, 0.3) is 0 Å². The Kier molecular flexibility index (Phi) is 2.96. The van der Waals surface area contributed by atoms with Crippen LogP contribution >= 0.6 is 0 Å². The lowest BCUT2D eigenvalue weighted by molar-refractivity contribution is 0.576. The van der Waals surface area contributed by atoms with E-state index in [1.807, 2.05) is 17.7 Å². The molecule has 84 valence electrons. The van der Waals surface area contributed by atoms with E-state index in [-0.39, 0.29) is 0 Å². The van der Waals surface area contributed by atoms with E-state index in [1.165, 1.54) is 6.20 Å². The van der Waals surface area contributed by atoms with Crippen LogP contribution in [0.5, 0.6) is 0 Å². The Morgan fingerprint density at radius 2 is 2.31 bits per heavy atom. The van der Waals surface area contributed by atoms with E-state index in [1.54, 1.807) is 12.3 Å². The van der Waals surface area contributed by atoms with E-state index in [4.69, 9.17) is 5.73 Å². The molecule has 2 aromatic heterocycles. The summed E-state index contributed by atoms with van der Waals surface area (Å²) in [5.74, 6) is 0.258. The molecule has 0 saturated heterocycles. The molecule has 0 aliphatic heterocycles. The summed E-state index contributed by atoms with van der Waals surface area (Å²) < 4.78 is 15.4. The lowest BCUT2D eigenvalue weighted by Crippen LogP contribution is -2.18. The molecule has 0 amide bonds. The molecule has 2 rings (SSSR count). The summed E-state index contributed by atoms with van der Waals surface area (Å²) in [6, 6.07) is 1.02. The van der Waals surface area contributed by atoms with Gasteiger partial charge in [0.05, 0.1) is 12.2 Å². The van der Waals surface area contributed by atoms with Gasteiger partial charge in [-0.15, -0.1) is 0 Å². The number of nitrogens with two attached hydrogens (primary N) is 1. The molecule has 0 saturated carbocycles. The number of nitrogens with zero attached hydrogens (tertiary/aromatic N) is 3. The van der Waals surface area contributed by atoms with Crippen molar-refractivity contribution in [2.75, 3.05) is 0 Å². The molecular weight excluding hydrogens is 207 g/mol. The van der Waals surface area contributed by atoms with Crippen LogP contribution in [0.1, 0.15) is 24.4 Å². The predicted octanol–water partition coefficient (Wildman–Crippen LogP) is 1.49. The lowest BCUT2D eigenvalue weighted by atomic mass is 10.1. The van der Waals surface area contributed by atoms with Crippen LogP contribution in [0.25, 0.3) is 0 Å². The first-order valence-corrected chi connectivity index (χ1v) is 5.10. The molecule has 16 heavy (non-hydrogen) atoms. The van der Waals surface area contributed by atoms with E-state index in [2.05, 4.69) is 9.97 Å². The van der Waals surface area contributed by atoms with E-state index in [9.17, 15) is 4.39 Å². The van der Waals surface area contributed by atoms with Crippen molar-refractivity contribution in [1.29, 1.82) is 0 Å². The summed E-state index contributed by atoms with van der Waals surface area (Å²) in [5.41, 5.74) is 6.40. The average Bonchev–Trinajstić information content (AvgIpc) is 2.77. The molecule has 2 N–H and O–H groups in total. The first kappa shape index (κ1) is 10.8. The minimum atomic E-state index is -0.557. The van der Waals surface area contributed by atoms with Gasteiger partial charge in [0.2, 0.25) is 0 Å². The fourth-order valence-corrected chi connectivity index (χ4v) is 1.64. The Hall–Kier alpha value is -1.75. The highest BCUT2D eigenvalue weighted by atomic mass is 19.1. The summed E-state index contributed by atoms with van der Waals surface area (Å²) in [5, 5.41) is 0. The molecule has 0 fully saturated rings. The lowest BCUT2D eigenvalue weighted by Gasteiger charge is -2.13. The normalized spacial score (nSPS) is 12.7. The van der Waals surface area contributed by atoms with Crippen molar-refractivity contribution in [3.05, 3.63) is 48.1 Å². The van der Waals surface area contributed by atoms with Gasteiger partial charge in [0.15, 0.2) is 0 Å². The summed E-state index contributed by atoms with van der Waals surface area (Å²) in [7, 11) is 0. The van der Waals surface area contributed by atoms with Crippen LogP contribution in [-0.2, 0) is 6.54 Å². The predicted molar refractivity (Wildman–Crippen MR) is 58.1 cm³/mol. The van der Waals surface area contributed by atoms with Crippen LogP contribution in [0.3, 0.4) is 0 Å². The monoisotopic (exact) mass is 220 g/mol. The number of imidazole rings is 1. The van der Waals surface area contributed by atoms with Gasteiger partial charge < -0.3 is 10.3 Å². The van der Waals surface area contributed by atoms with E-state index in [0.29, 0.717) is 11.4 Å². The van der Waals surface area contributed by atoms with Crippen LogP contribution in [0, 0.1) is 5.82 Å². The summed E-state index contributed by atoms with van der Waals surface area (Å²) >= 11 is 0. The van der Waals surface area contributed by atoms with E-state index in [0.717, 1.165) is 12.7 Å². The molecule has 1 atom stereocenters. The van der Waals surface area contributed by atoms with Crippen LogP contribution in [0.4, 0.5) is 4.39 Å². The van der Waals surface area contributed by atoms with E-state index >= 15 is 0 Å². The molecule has 0 bridgehead atoms. The number of hydrogen-bond acceptors (Lipinski definition) is 3. The standard InChI is InChI=1S/C11H13FN4/c1-2-16-6-5-15-11(16)10(13)8-3-4-14-7-9(8)12/h3-7,10H,2,13H2,1H3. The van der Waals surface area contributed by atoms with Crippen LogP contribution in [0.2, 0.25) is 0 Å². The number of aryl methyl sites for hydroxylation is 1. The van der Waals surface area contributed by atoms with Crippen molar-refractivity contribution < 1.29 is 4.39 Å². The number of rotatable bonds is 3. The van der Waals surface area contributed by atoms with Gasteiger partial charge in [0, 0.05) is 30.7 Å². The van der Waals surface area contributed by atoms with Crippen molar-refractivity contribution >= 4 is 0 Å². The quantitative estimate of drug-likeness (QED) is 0.852. The van der Waals surface area contributed by atoms with Crippen molar-refractivity contribution in [2.45, 2.75) is 19.5 Å². The summed E-state index contributed by atoms with van der Waals surface area (Å²) in [4.78, 5) is 7.85. The van der Waals surface area contributed by atoms with Crippen molar-refractivity contribution in [2.24, 2.45) is 5.73 Å². The molecule has 0 aromatic carbocycles. The van der Waals surface area contributed by atoms with Gasteiger partial charge in [-0.25, -0.2) is 9.37 Å². The highest BCUT2D eigenvalue weighted by Crippen LogP contribution is 2.19. The topological polar surface area (TPSA) is 56.7 Å². The third-order valence-corrected chi connectivity index (χ3v) is 2.51. The maximum atomic E-state index is 13.5. The largest absolute Gasteiger partial charge is 0.334 e. The minimum Gasteiger partial charge on any atom is -0.334 e. The number of hydrogen-bond donors (Lipinski definition) is 1. The first-order valence-electron chi connectivity index (χ1n) is 5.10. The third-order valence-electron chi connectivity index (χ3n) is 2.51. The van der Waals surface area contributed by atoms with Gasteiger partial charge >= 0.3 is 0 Å². The number of halogens is 1. The Morgan fingerprint density at radius 3 is 3.00 bits per heavy atom. The second kappa shape index (κ2) is 4.40. The second-order valence-corrected chi connectivity index (χ2v) is 3.45. The van der Waals surface area contributed by atoms with Crippen molar-refractivity contribution in [3.63, 3.8) is 0 Å². The van der Waals surface area contributed by atoms with Crippen LogP contribution in [-0.4, -0.2) is 14.5 Å². The third kappa shape index (κ3) is 1.81. The van der Waals surface area contributed by atoms with Gasteiger partial charge in [-0.3, -0.25) is 4.98 Å². The zero-order valence-corrected chi connectivity index (χ0v) is 8.97. The van der Waals surface area contributed by atoms with Crippen LogP contribution in [0.15, 0.2) is 30.9 Å². The molecule has 0 aliphatic rings. The molecule has 0 aliphatic carbocycles. The average molecular weight is 220 g/mol. The van der Waals surface area contributed by atoms with Crippen LogP contribution < -0.4 is 5.73 Å². The fourth-order valence-electron chi connectivity index (χ4n) is 1.64. The Bertz CT molecular complexity index is 480. The molecular formula is C11H13FN4. The zero-order chi connectivity index (χ0) is 11.5. The maximum Gasteiger partial charge on any atom is 0.146 e. The Labute approximate surface area is 92.9 Å². The second-order valence-electron chi connectivity index (χ2n) is 3.45. The highest BCUT2D eigenvalue weighted by molar-refractivity contribution is 5.23. The summed E-state index contributed by atoms with van der Waals surface area (Å²) in [6.45, 7) is 2.75.